The molecule has 176 valence electrons. The lowest BCUT2D eigenvalue weighted by atomic mass is 9.90. The smallest absolute Gasteiger partial charge is 0.339 e. The first-order chi connectivity index (χ1) is 14.8. The maximum Gasteiger partial charge on any atom is 0.339 e. The third kappa shape index (κ3) is 9.88. The Bertz CT molecular complexity index is 654. The zero-order valence-corrected chi connectivity index (χ0v) is 20.7. The van der Waals surface area contributed by atoms with Gasteiger partial charge in [-0.2, -0.15) is 0 Å². The van der Waals surface area contributed by atoms with Gasteiger partial charge in [-0.15, -0.1) is 0 Å². The fraction of sp³-hybridized carbons (Fsp3) is 0.704. The van der Waals surface area contributed by atoms with Crippen molar-refractivity contribution in [3.05, 3.63) is 35.5 Å². The average molecular weight is 433 g/mol. The van der Waals surface area contributed by atoms with E-state index >= 15 is 0 Å². The minimum atomic E-state index is -0.446. The number of rotatable bonds is 14. The molecule has 2 unspecified atom stereocenters. The Labute approximate surface area is 190 Å². The number of hydrogen-bond acceptors (Lipinski definition) is 4. The Hall–Kier alpha value is -1.84. The lowest BCUT2D eigenvalue weighted by molar-refractivity contribution is -0.144. The lowest BCUT2D eigenvalue weighted by Crippen LogP contribution is -2.22. The monoisotopic (exact) mass is 432 g/mol. The van der Waals surface area contributed by atoms with Gasteiger partial charge in [-0.3, -0.25) is 0 Å². The van der Waals surface area contributed by atoms with Crippen LogP contribution in [-0.2, 0) is 19.1 Å². The Balaban J connectivity index is 2.90. The number of hydrogen-bond donors (Lipinski definition) is 0. The van der Waals surface area contributed by atoms with Crippen LogP contribution in [0, 0.1) is 17.3 Å². The molecule has 31 heavy (non-hydrogen) atoms. The molecule has 0 saturated heterocycles. The van der Waals surface area contributed by atoms with Crippen molar-refractivity contribution < 1.29 is 19.1 Å². The van der Waals surface area contributed by atoms with Crippen LogP contribution >= 0.6 is 0 Å². The standard InChI is InChI=1S/C27H44O4/c1-7-11-14-21(9-3)19-30-25(28)23-16-13-17-27(5,6)18-24(23)26(29)31-20-22(10-4)15-12-8-2/h13,16-18,21-22H,7-12,14-15,19-20H2,1-6H3. The largest absolute Gasteiger partial charge is 0.462 e. The average Bonchev–Trinajstić information content (AvgIpc) is 2.91. The number of carbonyl (C=O) groups is 2. The minimum Gasteiger partial charge on any atom is -0.462 e. The van der Waals surface area contributed by atoms with Gasteiger partial charge in [-0.25, -0.2) is 9.59 Å². The van der Waals surface area contributed by atoms with Crippen LogP contribution in [0.2, 0.25) is 0 Å². The van der Waals surface area contributed by atoms with Gasteiger partial charge in [0.15, 0.2) is 0 Å². The van der Waals surface area contributed by atoms with Crippen molar-refractivity contribution in [2.45, 2.75) is 92.9 Å². The summed E-state index contributed by atoms with van der Waals surface area (Å²) in [6.45, 7) is 13.4. The van der Waals surface area contributed by atoms with Crippen LogP contribution in [0.3, 0.4) is 0 Å². The SMILES string of the molecule is CCCCC(CC)COC(=O)C1=CC=CC(C)(C)C=C1C(=O)OCC(CC)CCCC. The van der Waals surface area contributed by atoms with E-state index in [-0.39, 0.29) is 5.41 Å². The van der Waals surface area contributed by atoms with Gasteiger partial charge in [-0.1, -0.05) is 98.3 Å². The summed E-state index contributed by atoms with van der Waals surface area (Å²) in [5.41, 5.74) is 0.248. The van der Waals surface area contributed by atoms with Gasteiger partial charge in [-0.05, 0) is 30.8 Å². The van der Waals surface area contributed by atoms with E-state index in [1.54, 1.807) is 6.08 Å². The summed E-state index contributed by atoms with van der Waals surface area (Å²) in [6.07, 6.45) is 15.9. The summed E-state index contributed by atoms with van der Waals surface area (Å²) in [5, 5.41) is 0. The topological polar surface area (TPSA) is 52.6 Å². The van der Waals surface area contributed by atoms with E-state index in [1.807, 2.05) is 32.1 Å². The first-order valence-electron chi connectivity index (χ1n) is 12.2. The summed E-state index contributed by atoms with van der Waals surface area (Å²) in [6, 6.07) is 0. The van der Waals surface area contributed by atoms with Gasteiger partial charge in [0.25, 0.3) is 0 Å². The molecule has 0 amide bonds. The second-order valence-electron chi connectivity index (χ2n) is 9.35. The number of esters is 2. The summed E-state index contributed by atoms with van der Waals surface area (Å²) < 4.78 is 11.3. The quantitative estimate of drug-likeness (QED) is 0.279. The fourth-order valence-corrected chi connectivity index (χ4v) is 3.67. The van der Waals surface area contributed by atoms with Crippen LogP contribution in [0.15, 0.2) is 35.5 Å². The summed E-state index contributed by atoms with van der Waals surface area (Å²) >= 11 is 0. The zero-order chi connectivity index (χ0) is 23.3. The number of ether oxygens (including phenoxy) is 2. The van der Waals surface area contributed by atoms with Crippen LogP contribution < -0.4 is 0 Å². The Morgan fingerprint density at radius 2 is 1.32 bits per heavy atom. The molecule has 0 spiro atoms. The molecule has 0 aromatic heterocycles. The second-order valence-corrected chi connectivity index (χ2v) is 9.35. The molecule has 1 aliphatic carbocycles. The third-order valence-corrected chi connectivity index (χ3v) is 6.02. The van der Waals surface area contributed by atoms with Gasteiger partial charge in [0, 0.05) is 5.41 Å². The molecule has 1 rings (SSSR count). The van der Waals surface area contributed by atoms with Crippen molar-refractivity contribution >= 4 is 11.9 Å². The van der Waals surface area contributed by atoms with Gasteiger partial charge in [0.05, 0.1) is 24.4 Å². The van der Waals surface area contributed by atoms with Crippen molar-refractivity contribution in [1.82, 2.24) is 0 Å². The van der Waals surface area contributed by atoms with E-state index < -0.39 is 11.9 Å². The Kier molecular flexibility index (Phi) is 12.5. The normalized spacial score (nSPS) is 17.2. The van der Waals surface area contributed by atoms with Crippen molar-refractivity contribution in [2.24, 2.45) is 17.3 Å². The number of allylic oxidation sites excluding steroid dienone is 4. The van der Waals surface area contributed by atoms with E-state index in [4.69, 9.17) is 9.47 Å². The Morgan fingerprint density at radius 3 is 1.77 bits per heavy atom. The van der Waals surface area contributed by atoms with Crippen molar-refractivity contribution in [3.8, 4) is 0 Å². The number of unbranched alkanes of at least 4 members (excludes halogenated alkanes) is 2. The third-order valence-electron chi connectivity index (χ3n) is 6.02. The van der Waals surface area contributed by atoms with Gasteiger partial charge in [0.1, 0.15) is 0 Å². The predicted molar refractivity (Wildman–Crippen MR) is 128 cm³/mol. The molecule has 0 N–H and O–H groups in total. The highest BCUT2D eigenvalue weighted by Crippen LogP contribution is 2.29. The zero-order valence-electron chi connectivity index (χ0n) is 20.7. The van der Waals surface area contributed by atoms with Crippen molar-refractivity contribution in [2.75, 3.05) is 13.2 Å². The lowest BCUT2D eigenvalue weighted by Gasteiger charge is -2.19. The first kappa shape index (κ1) is 27.2. The molecule has 0 fully saturated rings. The van der Waals surface area contributed by atoms with Gasteiger partial charge >= 0.3 is 11.9 Å². The number of carbonyl (C=O) groups excluding carboxylic acids is 2. The maximum absolute atomic E-state index is 13.0. The van der Waals surface area contributed by atoms with Crippen molar-refractivity contribution in [3.63, 3.8) is 0 Å². The van der Waals surface area contributed by atoms with E-state index in [1.165, 1.54) is 0 Å². The van der Waals surface area contributed by atoms with Gasteiger partial charge < -0.3 is 9.47 Å². The minimum absolute atomic E-state index is 0.291. The molecule has 2 atom stereocenters. The fourth-order valence-electron chi connectivity index (χ4n) is 3.67. The Morgan fingerprint density at radius 1 is 0.839 bits per heavy atom. The molecule has 0 aliphatic heterocycles. The maximum atomic E-state index is 13.0. The summed E-state index contributed by atoms with van der Waals surface area (Å²) in [7, 11) is 0. The molecule has 4 nitrogen and oxygen atoms in total. The highest BCUT2D eigenvalue weighted by atomic mass is 16.5. The van der Waals surface area contributed by atoms with Crippen LogP contribution in [0.25, 0.3) is 0 Å². The molecule has 1 aliphatic rings. The molecule has 0 radical (unpaired) electrons. The van der Waals surface area contributed by atoms with Crippen LogP contribution in [-0.4, -0.2) is 25.2 Å². The van der Waals surface area contributed by atoms with Gasteiger partial charge in [0.2, 0.25) is 0 Å². The van der Waals surface area contributed by atoms with E-state index in [0.717, 1.165) is 51.4 Å². The summed E-state index contributed by atoms with van der Waals surface area (Å²) in [5.74, 6) is -0.179. The molecule has 0 saturated carbocycles. The summed E-state index contributed by atoms with van der Waals surface area (Å²) in [4.78, 5) is 26.0. The predicted octanol–water partition coefficient (Wildman–Crippen LogP) is 6.95. The van der Waals surface area contributed by atoms with E-state index in [0.29, 0.717) is 36.2 Å². The highest BCUT2D eigenvalue weighted by Gasteiger charge is 2.28. The molecule has 0 aromatic rings. The second kappa shape index (κ2) is 14.3. The van der Waals surface area contributed by atoms with Crippen LogP contribution in [0.5, 0.6) is 0 Å². The van der Waals surface area contributed by atoms with Crippen LogP contribution in [0.4, 0.5) is 0 Å². The van der Waals surface area contributed by atoms with E-state index in [9.17, 15) is 9.59 Å². The molecular weight excluding hydrogens is 388 g/mol. The van der Waals surface area contributed by atoms with Crippen LogP contribution in [0.1, 0.15) is 92.9 Å². The molecular formula is C27H44O4. The molecule has 0 heterocycles. The molecule has 0 bridgehead atoms. The first-order valence-corrected chi connectivity index (χ1v) is 12.2. The highest BCUT2D eigenvalue weighted by molar-refractivity contribution is 6.07. The molecule has 0 aromatic carbocycles. The van der Waals surface area contributed by atoms with Crippen molar-refractivity contribution in [1.29, 1.82) is 0 Å². The van der Waals surface area contributed by atoms with E-state index in [2.05, 4.69) is 27.7 Å². The molecule has 4 heteroatoms.